The fraction of sp³-hybridized carbons (Fsp3) is 0.111. The molecule has 0 aliphatic rings. The number of pyridine rings is 2. The molecule has 0 spiro atoms. The fourth-order valence-electron chi connectivity index (χ4n) is 13.1. The van der Waals surface area contributed by atoms with E-state index in [4.69, 9.17) is 9.97 Å². The van der Waals surface area contributed by atoms with Gasteiger partial charge in [0, 0.05) is 67.2 Å². The number of benzene rings is 9. The summed E-state index contributed by atoms with van der Waals surface area (Å²) in [5.74, 6) is 0. The Balaban J connectivity index is 1.35. The van der Waals surface area contributed by atoms with E-state index in [1.165, 1.54) is 87.6 Å². The summed E-state index contributed by atoms with van der Waals surface area (Å²) in [7, 11) is 0. The van der Waals surface area contributed by atoms with Crippen molar-refractivity contribution in [2.24, 2.45) is 0 Å². The Labute approximate surface area is 452 Å². The normalized spacial score (nSPS) is 12.1. The van der Waals surface area contributed by atoms with Crippen molar-refractivity contribution in [3.63, 3.8) is 0 Å². The van der Waals surface area contributed by atoms with Gasteiger partial charge in [0.15, 0.2) is 0 Å². The van der Waals surface area contributed by atoms with E-state index in [0.717, 1.165) is 89.3 Å². The van der Waals surface area contributed by atoms with E-state index in [2.05, 4.69) is 244 Å². The van der Waals surface area contributed by atoms with Crippen LogP contribution in [0, 0.1) is 55.4 Å². The van der Waals surface area contributed by atoms with Crippen molar-refractivity contribution in [3.05, 3.63) is 239 Å². The zero-order valence-electron chi connectivity index (χ0n) is 45.2. The summed E-state index contributed by atoms with van der Waals surface area (Å²) in [5, 5.41) is 9.62. The van der Waals surface area contributed by atoms with Crippen LogP contribution in [0.3, 0.4) is 0 Å². The number of hydrogen-bond acceptors (Lipinski definition) is 2. The zero-order chi connectivity index (χ0) is 52.8. The number of rotatable bonds is 6. The first-order valence-corrected chi connectivity index (χ1v) is 27.1. The third-order valence-corrected chi connectivity index (χ3v) is 16.5. The molecule has 0 bridgehead atoms. The molecule has 0 saturated carbocycles. The van der Waals surface area contributed by atoms with Crippen molar-refractivity contribution in [1.82, 2.24) is 28.2 Å². The fourth-order valence-corrected chi connectivity index (χ4v) is 13.1. The summed E-state index contributed by atoms with van der Waals surface area (Å²) >= 11 is 0. The summed E-state index contributed by atoms with van der Waals surface area (Å²) < 4.78 is 10.4. The molecule has 0 fully saturated rings. The van der Waals surface area contributed by atoms with Crippen LogP contribution in [0.4, 0.5) is 0 Å². The van der Waals surface area contributed by atoms with E-state index in [9.17, 15) is 0 Å². The highest BCUT2D eigenvalue weighted by molar-refractivity contribution is 6.19. The molecular formula is C72H56N6. The summed E-state index contributed by atoms with van der Waals surface area (Å²) in [6.07, 6.45) is 5.89. The molecule has 6 aromatic heterocycles. The van der Waals surface area contributed by atoms with Crippen molar-refractivity contribution >= 4 is 87.2 Å². The van der Waals surface area contributed by atoms with E-state index < -0.39 is 0 Å². The van der Waals surface area contributed by atoms with Gasteiger partial charge in [-0.05, 0) is 182 Å². The van der Waals surface area contributed by atoms with Crippen molar-refractivity contribution in [2.75, 3.05) is 0 Å². The standard InChI is InChI=1S/C72H56N6/c1-41-12-20-59-50(33-41)51-34-42(2)13-21-60(51)75(59)69-67(49-28-31-73-32-29-49)70(76-61-22-14-43(3)35-52(61)53-36-44(4)15-23-62(53)76)72(78-65-26-18-47(7)39-56(65)57-40-48(8)19-27-66(57)78)68(58-11-9-10-30-74-58)71(69)77-63-24-16-45(5)37-54(63)55-38-46(6)17-25-64(55)77/h9-40H,1-8H3. The molecule has 0 atom stereocenters. The van der Waals surface area contributed by atoms with Crippen molar-refractivity contribution in [3.8, 4) is 45.1 Å². The second-order valence-corrected chi connectivity index (χ2v) is 22.1. The van der Waals surface area contributed by atoms with Crippen molar-refractivity contribution < 1.29 is 0 Å². The summed E-state index contributed by atoms with van der Waals surface area (Å²) in [5.41, 5.74) is 26.7. The highest BCUT2D eigenvalue weighted by Gasteiger charge is 2.36. The van der Waals surface area contributed by atoms with Crippen LogP contribution < -0.4 is 0 Å². The van der Waals surface area contributed by atoms with Crippen LogP contribution in [0.5, 0.6) is 0 Å². The van der Waals surface area contributed by atoms with Crippen LogP contribution in [-0.4, -0.2) is 28.2 Å². The van der Waals surface area contributed by atoms with E-state index in [1.807, 2.05) is 24.7 Å². The maximum Gasteiger partial charge on any atom is 0.0827 e. The highest BCUT2D eigenvalue weighted by atomic mass is 15.1. The highest BCUT2D eigenvalue weighted by Crippen LogP contribution is 2.54. The van der Waals surface area contributed by atoms with Gasteiger partial charge in [0.1, 0.15) is 0 Å². The third-order valence-electron chi connectivity index (χ3n) is 16.5. The van der Waals surface area contributed by atoms with Crippen LogP contribution in [0.25, 0.3) is 132 Å². The van der Waals surface area contributed by atoms with Gasteiger partial charge in [0.2, 0.25) is 0 Å². The Morgan fingerprint density at radius 1 is 0.256 bits per heavy atom. The predicted octanol–water partition coefficient (Wildman–Crippen LogP) is 18.7. The topological polar surface area (TPSA) is 45.5 Å². The molecule has 6 heteroatoms. The molecule has 78 heavy (non-hydrogen) atoms. The Bertz CT molecular complexity index is 4210. The number of fused-ring (bicyclic) bond motifs is 12. The second kappa shape index (κ2) is 17.0. The Hall–Kier alpha value is -9.52. The van der Waals surface area contributed by atoms with Crippen molar-refractivity contribution in [1.29, 1.82) is 0 Å². The van der Waals surface area contributed by atoms with Crippen LogP contribution in [-0.2, 0) is 0 Å². The monoisotopic (exact) mass is 1000 g/mol. The second-order valence-electron chi connectivity index (χ2n) is 22.1. The molecule has 0 aliphatic heterocycles. The molecule has 15 aromatic rings. The van der Waals surface area contributed by atoms with E-state index >= 15 is 0 Å². The average molecular weight is 1010 g/mol. The Kier molecular flexibility index (Phi) is 9.99. The van der Waals surface area contributed by atoms with Gasteiger partial charge < -0.3 is 18.3 Å². The maximum absolute atomic E-state index is 5.55. The maximum atomic E-state index is 5.55. The molecule has 0 unspecified atom stereocenters. The van der Waals surface area contributed by atoms with E-state index in [0.29, 0.717) is 0 Å². The number of nitrogens with zero attached hydrogens (tertiary/aromatic N) is 6. The van der Waals surface area contributed by atoms with Gasteiger partial charge in [-0.3, -0.25) is 9.97 Å². The van der Waals surface area contributed by atoms with Gasteiger partial charge in [0.25, 0.3) is 0 Å². The van der Waals surface area contributed by atoms with Crippen molar-refractivity contribution in [2.45, 2.75) is 55.4 Å². The molecule has 15 rings (SSSR count). The lowest BCUT2D eigenvalue weighted by atomic mass is 9.92. The quantitative estimate of drug-likeness (QED) is 0.167. The average Bonchev–Trinajstić information content (AvgIpc) is 4.27. The van der Waals surface area contributed by atoms with Gasteiger partial charge in [-0.1, -0.05) is 99.1 Å². The number of aromatic nitrogens is 6. The van der Waals surface area contributed by atoms with Gasteiger partial charge in [-0.2, -0.15) is 0 Å². The van der Waals surface area contributed by atoms with Gasteiger partial charge in [-0.25, -0.2) is 0 Å². The molecule has 6 nitrogen and oxygen atoms in total. The third kappa shape index (κ3) is 6.69. The lowest BCUT2D eigenvalue weighted by Crippen LogP contribution is -2.16. The molecule has 9 aromatic carbocycles. The van der Waals surface area contributed by atoms with Crippen LogP contribution in [0.15, 0.2) is 195 Å². The summed E-state index contributed by atoms with van der Waals surface area (Å²) in [4.78, 5) is 10.3. The SMILES string of the molecule is Cc1ccc2c(c1)c1cc(C)ccc1n2-c1c(-c2ccncc2)c(-n2c3ccc(C)cc3c3cc(C)ccc32)c(-n2c3ccc(C)cc3c3cc(C)ccc32)c(-c2ccccn2)c1-n1c2ccc(C)cc2c2cc(C)ccc21. The molecule has 0 saturated heterocycles. The van der Waals surface area contributed by atoms with Gasteiger partial charge in [0.05, 0.1) is 78.1 Å². The minimum absolute atomic E-state index is 0.856. The first kappa shape index (κ1) is 45.8. The molecule has 6 heterocycles. The molecule has 0 N–H and O–H groups in total. The van der Waals surface area contributed by atoms with E-state index in [1.54, 1.807) is 0 Å². The summed E-state index contributed by atoms with van der Waals surface area (Å²) in [6, 6.07) is 66.8. The lowest BCUT2D eigenvalue weighted by molar-refractivity contribution is 1.04. The predicted molar refractivity (Wildman–Crippen MR) is 328 cm³/mol. The number of hydrogen-bond donors (Lipinski definition) is 0. The molecule has 0 aliphatic carbocycles. The Morgan fingerprint density at radius 3 is 0.756 bits per heavy atom. The number of aryl methyl sites for hydroxylation is 8. The zero-order valence-corrected chi connectivity index (χ0v) is 45.2. The van der Waals surface area contributed by atoms with Gasteiger partial charge >= 0.3 is 0 Å². The van der Waals surface area contributed by atoms with Crippen LogP contribution in [0.1, 0.15) is 44.5 Å². The van der Waals surface area contributed by atoms with E-state index in [-0.39, 0.29) is 0 Å². The minimum Gasteiger partial charge on any atom is -0.306 e. The minimum atomic E-state index is 0.856. The smallest absolute Gasteiger partial charge is 0.0827 e. The van der Waals surface area contributed by atoms with Gasteiger partial charge in [-0.15, -0.1) is 0 Å². The molecule has 0 amide bonds. The largest absolute Gasteiger partial charge is 0.306 e. The van der Waals surface area contributed by atoms with Crippen LogP contribution in [0.2, 0.25) is 0 Å². The summed E-state index contributed by atoms with van der Waals surface area (Å²) in [6.45, 7) is 17.7. The molecular weight excluding hydrogens is 949 g/mol. The Morgan fingerprint density at radius 2 is 0.513 bits per heavy atom. The molecule has 374 valence electrons. The first-order valence-electron chi connectivity index (χ1n) is 27.1. The lowest BCUT2D eigenvalue weighted by Gasteiger charge is -2.31. The van der Waals surface area contributed by atoms with Crippen LogP contribution >= 0.6 is 0 Å². The first-order chi connectivity index (χ1) is 38.0. The molecule has 0 radical (unpaired) electrons.